The lowest BCUT2D eigenvalue weighted by atomic mass is 9.89. The molecule has 0 heterocycles. The molecule has 0 aromatic heterocycles. The number of nitrogens with one attached hydrogen (secondary N) is 2. The maximum absolute atomic E-state index is 13.1. The number of carbonyl (C=O) groups excluding carboxylic acids is 2. The number of nitrogens with two attached hydrogens (primary N) is 1. The zero-order chi connectivity index (χ0) is 25.0. The highest BCUT2D eigenvalue weighted by Crippen LogP contribution is 2.23. The van der Waals surface area contributed by atoms with E-state index in [9.17, 15) is 9.59 Å². The summed E-state index contributed by atoms with van der Waals surface area (Å²) in [5.41, 5.74) is 8.15. The molecule has 1 aliphatic carbocycles. The minimum absolute atomic E-state index is 0.148. The van der Waals surface area contributed by atoms with Crippen LogP contribution in [-0.2, 0) is 22.6 Å². The van der Waals surface area contributed by atoms with Crippen LogP contribution in [-0.4, -0.2) is 30.4 Å². The van der Waals surface area contributed by atoms with Crippen LogP contribution in [0.5, 0.6) is 5.75 Å². The topological polar surface area (TPSA) is 93.5 Å². The first-order valence-corrected chi connectivity index (χ1v) is 13.0. The molecule has 2 amide bonds. The SMILES string of the molecule is CC(C)CC(N)C(=O)NC(Cc1ccc(OCc2ccccc2)cc1)C(=O)NCC1CCCCC1. The molecule has 6 nitrogen and oxygen atoms in total. The van der Waals surface area contributed by atoms with Crippen molar-refractivity contribution in [2.45, 2.75) is 77.5 Å². The van der Waals surface area contributed by atoms with Crippen LogP contribution in [0.15, 0.2) is 54.6 Å². The average molecular weight is 480 g/mol. The molecule has 2 aromatic carbocycles. The fraction of sp³-hybridized carbons (Fsp3) is 0.517. The molecule has 2 unspecified atom stereocenters. The van der Waals surface area contributed by atoms with Gasteiger partial charge in [0.25, 0.3) is 0 Å². The van der Waals surface area contributed by atoms with Crippen LogP contribution in [0.3, 0.4) is 0 Å². The summed E-state index contributed by atoms with van der Waals surface area (Å²) in [4.78, 5) is 25.8. The number of rotatable bonds is 12. The van der Waals surface area contributed by atoms with Crippen LogP contribution in [0, 0.1) is 11.8 Å². The maximum Gasteiger partial charge on any atom is 0.242 e. The molecular weight excluding hydrogens is 438 g/mol. The van der Waals surface area contributed by atoms with E-state index in [0.29, 0.717) is 37.8 Å². The third kappa shape index (κ3) is 9.36. The van der Waals surface area contributed by atoms with Crippen molar-refractivity contribution in [2.24, 2.45) is 17.6 Å². The normalized spacial score (nSPS) is 15.9. The second kappa shape index (κ2) is 13.9. The summed E-state index contributed by atoms with van der Waals surface area (Å²) in [6, 6.07) is 16.4. The molecule has 2 atom stereocenters. The van der Waals surface area contributed by atoms with Gasteiger partial charge in [0.2, 0.25) is 11.8 Å². The highest BCUT2D eigenvalue weighted by molar-refractivity contribution is 5.89. The first kappa shape index (κ1) is 26.7. The molecule has 3 rings (SSSR count). The second-order valence-corrected chi connectivity index (χ2v) is 10.2. The summed E-state index contributed by atoms with van der Waals surface area (Å²) in [7, 11) is 0. The van der Waals surface area contributed by atoms with Gasteiger partial charge in [-0.2, -0.15) is 0 Å². The number of amides is 2. The van der Waals surface area contributed by atoms with E-state index in [1.54, 1.807) is 0 Å². The molecule has 1 saturated carbocycles. The van der Waals surface area contributed by atoms with E-state index in [2.05, 4.69) is 10.6 Å². The van der Waals surface area contributed by atoms with E-state index in [0.717, 1.165) is 29.7 Å². The first-order chi connectivity index (χ1) is 16.9. The van der Waals surface area contributed by atoms with Gasteiger partial charge >= 0.3 is 0 Å². The van der Waals surface area contributed by atoms with Gasteiger partial charge in [-0.05, 0) is 54.4 Å². The van der Waals surface area contributed by atoms with Crippen molar-refractivity contribution in [3.05, 3.63) is 65.7 Å². The fourth-order valence-electron chi connectivity index (χ4n) is 4.56. The smallest absolute Gasteiger partial charge is 0.242 e. The van der Waals surface area contributed by atoms with Gasteiger partial charge in [-0.3, -0.25) is 9.59 Å². The van der Waals surface area contributed by atoms with Gasteiger partial charge in [-0.1, -0.05) is 75.6 Å². The Kier molecular flexibility index (Phi) is 10.6. The maximum atomic E-state index is 13.1. The van der Waals surface area contributed by atoms with Crippen molar-refractivity contribution >= 4 is 11.8 Å². The predicted octanol–water partition coefficient (Wildman–Crippen LogP) is 4.36. The molecule has 0 spiro atoms. The molecule has 1 fully saturated rings. The van der Waals surface area contributed by atoms with E-state index >= 15 is 0 Å². The Morgan fingerprint density at radius 1 is 0.943 bits per heavy atom. The van der Waals surface area contributed by atoms with Gasteiger partial charge in [0, 0.05) is 13.0 Å². The molecule has 2 aromatic rings. The Hall–Kier alpha value is -2.86. The number of hydrogen-bond acceptors (Lipinski definition) is 4. The minimum atomic E-state index is -0.666. The molecule has 6 heteroatoms. The second-order valence-electron chi connectivity index (χ2n) is 10.2. The lowest BCUT2D eigenvalue weighted by Crippen LogP contribution is -2.53. The van der Waals surface area contributed by atoms with Gasteiger partial charge in [0.1, 0.15) is 18.4 Å². The lowest BCUT2D eigenvalue weighted by molar-refractivity contribution is -0.129. The summed E-state index contributed by atoms with van der Waals surface area (Å²) in [6.07, 6.45) is 7.02. The van der Waals surface area contributed by atoms with Crippen LogP contribution < -0.4 is 21.1 Å². The van der Waals surface area contributed by atoms with Crippen molar-refractivity contribution in [1.29, 1.82) is 0 Å². The summed E-state index contributed by atoms with van der Waals surface area (Å²) in [5, 5.41) is 6.00. The summed E-state index contributed by atoms with van der Waals surface area (Å²) >= 11 is 0. The van der Waals surface area contributed by atoms with E-state index in [1.165, 1.54) is 19.3 Å². The average Bonchev–Trinajstić information content (AvgIpc) is 2.87. The lowest BCUT2D eigenvalue weighted by Gasteiger charge is -2.25. The molecule has 35 heavy (non-hydrogen) atoms. The Balaban J connectivity index is 1.60. The first-order valence-electron chi connectivity index (χ1n) is 13.0. The fourth-order valence-corrected chi connectivity index (χ4v) is 4.56. The van der Waals surface area contributed by atoms with E-state index in [-0.39, 0.29) is 11.8 Å². The van der Waals surface area contributed by atoms with Crippen molar-refractivity contribution in [1.82, 2.24) is 10.6 Å². The van der Waals surface area contributed by atoms with Crippen molar-refractivity contribution in [3.63, 3.8) is 0 Å². The zero-order valence-corrected chi connectivity index (χ0v) is 21.2. The van der Waals surface area contributed by atoms with E-state index in [1.807, 2.05) is 68.4 Å². The quantitative estimate of drug-likeness (QED) is 0.422. The molecule has 4 N–H and O–H groups in total. The number of hydrogen-bond donors (Lipinski definition) is 3. The van der Waals surface area contributed by atoms with E-state index < -0.39 is 12.1 Å². The Morgan fingerprint density at radius 3 is 2.29 bits per heavy atom. The van der Waals surface area contributed by atoms with Crippen LogP contribution >= 0.6 is 0 Å². The van der Waals surface area contributed by atoms with Crippen molar-refractivity contribution in [2.75, 3.05) is 6.54 Å². The molecular formula is C29H41N3O3. The van der Waals surface area contributed by atoms with Gasteiger partial charge in [0.15, 0.2) is 0 Å². The molecule has 0 radical (unpaired) electrons. The van der Waals surface area contributed by atoms with Gasteiger partial charge in [0.05, 0.1) is 6.04 Å². The van der Waals surface area contributed by atoms with Gasteiger partial charge in [-0.15, -0.1) is 0 Å². The summed E-state index contributed by atoms with van der Waals surface area (Å²) in [6.45, 7) is 5.22. The summed E-state index contributed by atoms with van der Waals surface area (Å²) in [5.74, 6) is 1.16. The standard InChI is InChI=1S/C29H41N3O3/c1-21(2)17-26(30)28(33)32-27(29(34)31-19-23-9-5-3-6-10-23)18-22-13-15-25(16-14-22)35-20-24-11-7-4-8-12-24/h4,7-8,11-16,21,23,26-27H,3,5-6,9-10,17-20,30H2,1-2H3,(H,31,34)(H,32,33). The van der Waals surface area contributed by atoms with Gasteiger partial charge in [-0.25, -0.2) is 0 Å². The molecule has 1 aliphatic rings. The van der Waals surface area contributed by atoms with Crippen LogP contribution in [0.1, 0.15) is 63.5 Å². The number of ether oxygens (including phenoxy) is 1. The zero-order valence-electron chi connectivity index (χ0n) is 21.2. The third-order valence-electron chi connectivity index (χ3n) is 6.60. The Bertz CT molecular complexity index is 909. The van der Waals surface area contributed by atoms with E-state index in [4.69, 9.17) is 10.5 Å². The monoisotopic (exact) mass is 479 g/mol. The third-order valence-corrected chi connectivity index (χ3v) is 6.60. The Morgan fingerprint density at radius 2 is 1.63 bits per heavy atom. The molecule has 0 bridgehead atoms. The molecule has 190 valence electrons. The number of benzene rings is 2. The van der Waals surface area contributed by atoms with Crippen LogP contribution in [0.2, 0.25) is 0 Å². The highest BCUT2D eigenvalue weighted by Gasteiger charge is 2.25. The predicted molar refractivity (Wildman–Crippen MR) is 140 cm³/mol. The Labute approximate surface area is 210 Å². The van der Waals surface area contributed by atoms with Crippen LogP contribution in [0.4, 0.5) is 0 Å². The summed E-state index contributed by atoms with van der Waals surface area (Å²) < 4.78 is 5.87. The van der Waals surface area contributed by atoms with Crippen molar-refractivity contribution in [3.8, 4) is 5.75 Å². The highest BCUT2D eigenvalue weighted by atomic mass is 16.5. The van der Waals surface area contributed by atoms with Gasteiger partial charge < -0.3 is 21.1 Å². The number of carbonyl (C=O) groups is 2. The molecule has 0 aliphatic heterocycles. The molecule has 0 saturated heterocycles. The van der Waals surface area contributed by atoms with Crippen molar-refractivity contribution < 1.29 is 14.3 Å². The van der Waals surface area contributed by atoms with Crippen LogP contribution in [0.25, 0.3) is 0 Å². The minimum Gasteiger partial charge on any atom is -0.489 e. The largest absolute Gasteiger partial charge is 0.489 e.